The number of rotatable bonds is 5. The Morgan fingerprint density at radius 3 is 2.83 bits per heavy atom. The van der Waals surface area contributed by atoms with Gasteiger partial charge in [-0.3, -0.25) is 9.69 Å². The van der Waals surface area contributed by atoms with Gasteiger partial charge in [-0.25, -0.2) is 9.37 Å². The van der Waals surface area contributed by atoms with Crippen LogP contribution >= 0.6 is 11.3 Å². The number of carbonyl (C=O) groups is 1. The third kappa shape index (κ3) is 3.78. The summed E-state index contributed by atoms with van der Waals surface area (Å²) < 4.78 is 18.7. The van der Waals surface area contributed by atoms with Crippen LogP contribution in [0.5, 0.6) is 5.75 Å². The average molecular weight is 342 g/mol. The highest BCUT2D eigenvalue weighted by atomic mass is 32.1. The van der Waals surface area contributed by atoms with Crippen LogP contribution in [0.3, 0.4) is 0 Å². The largest absolute Gasteiger partial charge is 0.489 e. The second-order valence-corrected chi connectivity index (χ2v) is 6.00. The van der Waals surface area contributed by atoms with Gasteiger partial charge in [0.15, 0.2) is 5.13 Å². The van der Waals surface area contributed by atoms with Crippen molar-refractivity contribution in [1.82, 2.24) is 4.98 Å². The molecule has 0 aliphatic carbocycles. The Hall–Kier alpha value is -2.73. The fourth-order valence-electron chi connectivity index (χ4n) is 2.18. The number of benzene rings is 2. The van der Waals surface area contributed by atoms with Gasteiger partial charge in [-0.2, -0.15) is 0 Å². The first-order chi connectivity index (χ1) is 11.6. The quantitative estimate of drug-likeness (QED) is 0.700. The summed E-state index contributed by atoms with van der Waals surface area (Å²) in [7, 11) is 1.69. The van der Waals surface area contributed by atoms with Gasteiger partial charge in [0.2, 0.25) is 0 Å². The van der Waals surface area contributed by atoms with Gasteiger partial charge in [0.25, 0.3) is 5.91 Å². The van der Waals surface area contributed by atoms with Crippen molar-refractivity contribution in [2.75, 3.05) is 11.9 Å². The number of anilines is 1. The van der Waals surface area contributed by atoms with E-state index in [4.69, 9.17) is 4.74 Å². The highest BCUT2D eigenvalue weighted by Gasteiger charge is 2.15. The smallest absolute Gasteiger partial charge is 0.259 e. The van der Waals surface area contributed by atoms with Crippen molar-refractivity contribution in [2.24, 2.45) is 0 Å². The number of hydrogen-bond acceptors (Lipinski definition) is 4. The molecule has 122 valence electrons. The lowest BCUT2D eigenvalue weighted by molar-refractivity contribution is 0.0993. The zero-order valence-electron chi connectivity index (χ0n) is 13.0. The first-order valence-electron chi connectivity index (χ1n) is 7.28. The number of thiazole rings is 1. The molecular formula is C18H15FN2O2S. The van der Waals surface area contributed by atoms with E-state index in [2.05, 4.69) is 4.98 Å². The van der Waals surface area contributed by atoms with Crippen LogP contribution in [0.25, 0.3) is 0 Å². The molecule has 6 heteroatoms. The number of hydrogen-bond donors (Lipinski definition) is 0. The summed E-state index contributed by atoms with van der Waals surface area (Å²) in [5, 5.41) is 2.46. The molecule has 0 atom stereocenters. The molecule has 0 saturated carbocycles. The molecule has 0 fully saturated rings. The highest BCUT2D eigenvalue weighted by molar-refractivity contribution is 7.13. The molecule has 0 aliphatic rings. The number of nitrogens with zero attached hydrogens (tertiary/aromatic N) is 2. The Balaban J connectivity index is 1.71. The van der Waals surface area contributed by atoms with E-state index >= 15 is 0 Å². The lowest BCUT2D eigenvalue weighted by Gasteiger charge is -2.14. The zero-order valence-corrected chi connectivity index (χ0v) is 13.8. The van der Waals surface area contributed by atoms with Crippen LogP contribution in [0.15, 0.2) is 60.1 Å². The minimum Gasteiger partial charge on any atom is -0.489 e. The molecule has 0 bridgehead atoms. The molecule has 3 rings (SSSR count). The van der Waals surface area contributed by atoms with E-state index in [0.717, 1.165) is 5.56 Å². The SMILES string of the molecule is CN(C(=O)c1cccc(COc2cccc(F)c2)c1)c1nccs1. The van der Waals surface area contributed by atoms with Crippen LogP contribution in [0.1, 0.15) is 15.9 Å². The van der Waals surface area contributed by atoms with E-state index in [1.54, 1.807) is 43.6 Å². The molecule has 1 amide bonds. The van der Waals surface area contributed by atoms with E-state index in [1.165, 1.54) is 28.4 Å². The van der Waals surface area contributed by atoms with Gasteiger partial charge in [-0.15, -0.1) is 11.3 Å². The van der Waals surface area contributed by atoms with Crippen LogP contribution in [0.4, 0.5) is 9.52 Å². The minimum absolute atomic E-state index is 0.141. The highest BCUT2D eigenvalue weighted by Crippen LogP contribution is 2.19. The summed E-state index contributed by atoms with van der Waals surface area (Å²) >= 11 is 1.40. The summed E-state index contributed by atoms with van der Waals surface area (Å²) in [6, 6.07) is 13.1. The van der Waals surface area contributed by atoms with Gasteiger partial charge in [0.05, 0.1) is 0 Å². The van der Waals surface area contributed by atoms with Crippen LogP contribution in [0, 0.1) is 5.82 Å². The van der Waals surface area contributed by atoms with Crippen LogP contribution in [-0.4, -0.2) is 17.9 Å². The molecule has 4 nitrogen and oxygen atoms in total. The normalized spacial score (nSPS) is 10.4. The summed E-state index contributed by atoms with van der Waals surface area (Å²) in [5.41, 5.74) is 1.38. The number of amides is 1. The minimum atomic E-state index is -0.346. The van der Waals surface area contributed by atoms with E-state index in [-0.39, 0.29) is 18.3 Å². The summed E-state index contributed by atoms with van der Waals surface area (Å²) in [4.78, 5) is 18.2. The van der Waals surface area contributed by atoms with Gasteiger partial charge < -0.3 is 4.74 Å². The Morgan fingerprint density at radius 1 is 1.25 bits per heavy atom. The maximum atomic E-state index is 13.2. The lowest BCUT2D eigenvalue weighted by Crippen LogP contribution is -2.26. The maximum absolute atomic E-state index is 13.2. The monoisotopic (exact) mass is 342 g/mol. The van der Waals surface area contributed by atoms with Gasteiger partial charge >= 0.3 is 0 Å². The zero-order chi connectivity index (χ0) is 16.9. The molecule has 1 aromatic heterocycles. The van der Waals surface area contributed by atoms with Gasteiger partial charge in [0, 0.05) is 30.3 Å². The van der Waals surface area contributed by atoms with Crippen molar-refractivity contribution in [1.29, 1.82) is 0 Å². The van der Waals surface area contributed by atoms with Crippen LogP contribution in [0.2, 0.25) is 0 Å². The first-order valence-corrected chi connectivity index (χ1v) is 8.16. The Kier molecular flexibility index (Phi) is 4.86. The molecule has 0 radical (unpaired) electrons. The van der Waals surface area contributed by atoms with Crippen molar-refractivity contribution < 1.29 is 13.9 Å². The average Bonchev–Trinajstić information content (AvgIpc) is 3.14. The molecule has 0 unspecified atom stereocenters. The topological polar surface area (TPSA) is 42.4 Å². The molecule has 0 N–H and O–H groups in total. The van der Waals surface area contributed by atoms with Crippen molar-refractivity contribution >= 4 is 22.4 Å². The molecule has 0 saturated heterocycles. The molecule has 1 heterocycles. The second kappa shape index (κ2) is 7.23. The van der Waals surface area contributed by atoms with Crippen LogP contribution in [-0.2, 0) is 6.61 Å². The Labute approximate surface area is 143 Å². The van der Waals surface area contributed by atoms with Gasteiger partial charge in [-0.1, -0.05) is 18.2 Å². The molecule has 3 aromatic rings. The molecule has 24 heavy (non-hydrogen) atoms. The summed E-state index contributed by atoms with van der Waals surface area (Å²) in [5.74, 6) is -0.0364. The standard InChI is InChI=1S/C18H15FN2O2S/c1-21(18-20-8-9-24-18)17(22)14-5-2-4-13(10-14)12-23-16-7-3-6-15(19)11-16/h2-11H,12H2,1H3. The van der Waals surface area contributed by atoms with Crippen LogP contribution < -0.4 is 9.64 Å². The third-order valence-electron chi connectivity index (χ3n) is 3.39. The lowest BCUT2D eigenvalue weighted by atomic mass is 10.1. The third-order valence-corrected chi connectivity index (χ3v) is 4.23. The number of halogens is 1. The van der Waals surface area contributed by atoms with E-state index in [9.17, 15) is 9.18 Å². The Morgan fingerprint density at radius 2 is 2.08 bits per heavy atom. The second-order valence-electron chi connectivity index (χ2n) is 5.13. The number of aromatic nitrogens is 1. The molecule has 2 aromatic carbocycles. The molecular weight excluding hydrogens is 327 g/mol. The van der Waals surface area contributed by atoms with Crippen molar-refractivity contribution in [3.05, 3.63) is 77.1 Å². The fourth-order valence-corrected chi connectivity index (χ4v) is 2.79. The summed E-state index contributed by atoms with van der Waals surface area (Å²) in [6.45, 7) is 0.255. The van der Waals surface area contributed by atoms with E-state index in [0.29, 0.717) is 16.4 Å². The first kappa shape index (κ1) is 16.1. The predicted octanol–water partition coefficient (Wildman–Crippen LogP) is 4.14. The van der Waals surface area contributed by atoms with Crippen molar-refractivity contribution in [3.63, 3.8) is 0 Å². The van der Waals surface area contributed by atoms with Gasteiger partial charge in [0.1, 0.15) is 18.2 Å². The number of carbonyl (C=O) groups excluding carboxylic acids is 1. The maximum Gasteiger partial charge on any atom is 0.259 e. The van der Waals surface area contributed by atoms with Crippen molar-refractivity contribution in [3.8, 4) is 5.75 Å². The fraction of sp³-hybridized carbons (Fsp3) is 0.111. The van der Waals surface area contributed by atoms with Gasteiger partial charge in [-0.05, 0) is 29.8 Å². The molecule has 0 aliphatic heterocycles. The van der Waals surface area contributed by atoms with Crippen molar-refractivity contribution in [2.45, 2.75) is 6.61 Å². The van der Waals surface area contributed by atoms with E-state index < -0.39 is 0 Å². The predicted molar refractivity (Wildman–Crippen MR) is 92.0 cm³/mol. The molecule has 0 spiro atoms. The van der Waals surface area contributed by atoms with E-state index in [1.807, 2.05) is 11.4 Å². The number of ether oxygens (including phenoxy) is 1. The summed E-state index contributed by atoms with van der Waals surface area (Å²) in [6.07, 6.45) is 1.66. The Bertz CT molecular complexity index is 837.